The molecule has 0 fully saturated rings. The third kappa shape index (κ3) is 4.41. The van der Waals surface area contributed by atoms with Crippen LogP contribution in [0.1, 0.15) is 31.7 Å². The quantitative estimate of drug-likeness (QED) is 0.497. The fourth-order valence-corrected chi connectivity index (χ4v) is 3.82. The highest BCUT2D eigenvalue weighted by Crippen LogP contribution is 2.28. The first kappa shape index (κ1) is 18.4. The van der Waals surface area contributed by atoms with Crippen LogP contribution >= 0.6 is 11.8 Å². The second-order valence-corrected chi connectivity index (χ2v) is 7.55. The van der Waals surface area contributed by atoms with Gasteiger partial charge in [0.1, 0.15) is 11.4 Å². The number of thioether (sulfide) groups is 1. The van der Waals surface area contributed by atoms with Crippen LogP contribution in [0.2, 0.25) is 0 Å². The van der Waals surface area contributed by atoms with Crippen LogP contribution in [0.15, 0.2) is 66.0 Å². The second-order valence-electron chi connectivity index (χ2n) is 6.22. The van der Waals surface area contributed by atoms with Crippen molar-refractivity contribution in [2.45, 2.75) is 36.5 Å². The minimum atomic E-state index is -0.221. The number of hydrogen-bond acceptors (Lipinski definition) is 4. The second kappa shape index (κ2) is 8.81. The van der Waals surface area contributed by atoms with E-state index in [0.717, 1.165) is 22.3 Å². The number of carbonyl (C=O) groups is 1. The molecule has 0 saturated carbocycles. The molecule has 0 bridgehead atoms. The first-order valence-corrected chi connectivity index (χ1v) is 9.76. The maximum absolute atomic E-state index is 12.6. The standard InChI is InChI=1S/C21H23N3OS/c1-3-16(17-9-5-4-6-10-17)13-22-20(25)15(2)26-21-18-11-7-8-12-19(18)23-14-24-21/h4-12,14-16H,3,13H2,1-2H3,(H,22,25)/t15-,16+/m0/s1. The molecule has 1 amide bonds. The van der Waals surface area contributed by atoms with E-state index in [4.69, 9.17) is 0 Å². The summed E-state index contributed by atoms with van der Waals surface area (Å²) < 4.78 is 0. The van der Waals surface area contributed by atoms with E-state index in [2.05, 4.69) is 34.3 Å². The monoisotopic (exact) mass is 365 g/mol. The summed E-state index contributed by atoms with van der Waals surface area (Å²) in [6.45, 7) is 4.71. The normalized spacial score (nSPS) is 13.3. The average molecular weight is 366 g/mol. The van der Waals surface area contributed by atoms with E-state index in [1.807, 2.05) is 49.4 Å². The Morgan fingerprint density at radius 3 is 2.58 bits per heavy atom. The first-order chi connectivity index (χ1) is 12.7. The lowest BCUT2D eigenvalue weighted by molar-refractivity contribution is -0.120. The van der Waals surface area contributed by atoms with Gasteiger partial charge < -0.3 is 5.32 Å². The lowest BCUT2D eigenvalue weighted by atomic mass is 9.96. The van der Waals surface area contributed by atoms with Crippen molar-refractivity contribution in [3.63, 3.8) is 0 Å². The highest BCUT2D eigenvalue weighted by Gasteiger charge is 2.18. The molecule has 0 spiro atoms. The van der Waals surface area contributed by atoms with Crippen molar-refractivity contribution in [1.29, 1.82) is 0 Å². The fourth-order valence-electron chi connectivity index (χ4n) is 2.89. The number of para-hydroxylation sites is 1. The Hall–Kier alpha value is -2.40. The van der Waals surface area contributed by atoms with Crippen LogP contribution in [0.5, 0.6) is 0 Å². The zero-order valence-electron chi connectivity index (χ0n) is 15.1. The van der Waals surface area contributed by atoms with Gasteiger partial charge >= 0.3 is 0 Å². The number of aromatic nitrogens is 2. The Morgan fingerprint density at radius 1 is 1.08 bits per heavy atom. The summed E-state index contributed by atoms with van der Waals surface area (Å²) in [5.41, 5.74) is 2.16. The molecule has 134 valence electrons. The smallest absolute Gasteiger partial charge is 0.233 e. The van der Waals surface area contributed by atoms with Crippen LogP contribution in [0, 0.1) is 0 Å². The van der Waals surface area contributed by atoms with Gasteiger partial charge in [-0.15, -0.1) is 0 Å². The van der Waals surface area contributed by atoms with E-state index in [9.17, 15) is 4.79 Å². The number of rotatable bonds is 7. The van der Waals surface area contributed by atoms with Crippen molar-refractivity contribution >= 4 is 28.6 Å². The molecule has 0 aliphatic carbocycles. The van der Waals surface area contributed by atoms with Gasteiger partial charge in [0.05, 0.1) is 10.8 Å². The summed E-state index contributed by atoms with van der Waals surface area (Å²) in [4.78, 5) is 21.2. The van der Waals surface area contributed by atoms with E-state index in [1.165, 1.54) is 17.3 Å². The fraction of sp³-hybridized carbons (Fsp3) is 0.286. The minimum absolute atomic E-state index is 0.0343. The van der Waals surface area contributed by atoms with Crippen molar-refractivity contribution in [2.75, 3.05) is 6.54 Å². The molecule has 3 aromatic rings. The van der Waals surface area contributed by atoms with E-state index < -0.39 is 0 Å². The van der Waals surface area contributed by atoms with Gasteiger partial charge in [-0.05, 0) is 25.0 Å². The molecule has 0 aliphatic rings. The molecule has 1 aromatic heterocycles. The van der Waals surface area contributed by atoms with E-state index in [-0.39, 0.29) is 11.2 Å². The predicted molar refractivity (Wildman–Crippen MR) is 107 cm³/mol. The first-order valence-electron chi connectivity index (χ1n) is 8.88. The Bertz CT molecular complexity index is 864. The van der Waals surface area contributed by atoms with Crippen LogP contribution in [-0.4, -0.2) is 27.7 Å². The molecule has 3 rings (SSSR count). The molecule has 2 atom stereocenters. The molecule has 2 aromatic carbocycles. The summed E-state index contributed by atoms with van der Waals surface area (Å²) in [6, 6.07) is 18.2. The van der Waals surface area contributed by atoms with Crippen LogP contribution in [0.25, 0.3) is 10.9 Å². The summed E-state index contributed by atoms with van der Waals surface area (Å²) >= 11 is 1.47. The molecule has 5 heteroatoms. The highest BCUT2D eigenvalue weighted by atomic mass is 32.2. The van der Waals surface area contributed by atoms with Gasteiger partial charge in [0.25, 0.3) is 0 Å². The van der Waals surface area contributed by atoms with Gasteiger partial charge in [0.15, 0.2) is 0 Å². The topological polar surface area (TPSA) is 54.9 Å². The zero-order chi connectivity index (χ0) is 18.4. The van der Waals surface area contributed by atoms with Crippen molar-refractivity contribution in [2.24, 2.45) is 0 Å². The van der Waals surface area contributed by atoms with E-state index >= 15 is 0 Å². The third-order valence-corrected chi connectivity index (χ3v) is 5.57. The minimum Gasteiger partial charge on any atom is -0.355 e. The van der Waals surface area contributed by atoms with Crippen LogP contribution in [-0.2, 0) is 4.79 Å². The maximum atomic E-state index is 12.6. The van der Waals surface area contributed by atoms with Crippen LogP contribution in [0.3, 0.4) is 0 Å². The zero-order valence-corrected chi connectivity index (χ0v) is 15.9. The number of fused-ring (bicyclic) bond motifs is 1. The molecule has 0 aliphatic heterocycles. The number of amides is 1. The Labute approximate surface area is 158 Å². The van der Waals surface area contributed by atoms with E-state index in [0.29, 0.717) is 12.5 Å². The number of nitrogens with zero attached hydrogens (tertiary/aromatic N) is 2. The molecule has 0 saturated heterocycles. The molecular formula is C21H23N3OS. The van der Waals surface area contributed by atoms with Crippen molar-refractivity contribution in [3.8, 4) is 0 Å². The Balaban J connectivity index is 1.62. The van der Waals surface area contributed by atoms with Crippen LogP contribution in [0.4, 0.5) is 0 Å². The average Bonchev–Trinajstić information content (AvgIpc) is 2.69. The van der Waals surface area contributed by atoms with Gasteiger partial charge in [-0.1, -0.05) is 67.2 Å². The SMILES string of the molecule is CC[C@H](CNC(=O)[C@H](C)Sc1ncnc2ccccc12)c1ccccc1. The molecule has 0 radical (unpaired) electrons. The third-order valence-electron chi connectivity index (χ3n) is 4.45. The van der Waals surface area contributed by atoms with Crippen molar-refractivity contribution in [1.82, 2.24) is 15.3 Å². The van der Waals surface area contributed by atoms with Crippen LogP contribution < -0.4 is 5.32 Å². The Kier molecular flexibility index (Phi) is 6.23. The van der Waals surface area contributed by atoms with Crippen molar-refractivity contribution < 1.29 is 4.79 Å². The largest absolute Gasteiger partial charge is 0.355 e. The molecule has 0 unspecified atom stereocenters. The summed E-state index contributed by atoms with van der Waals surface area (Å²) in [5.74, 6) is 0.365. The molecule has 26 heavy (non-hydrogen) atoms. The molecule has 1 N–H and O–H groups in total. The van der Waals surface area contributed by atoms with Gasteiger partial charge in [-0.2, -0.15) is 0 Å². The predicted octanol–water partition coefficient (Wildman–Crippen LogP) is 4.42. The number of carbonyl (C=O) groups excluding carboxylic acids is 1. The molecule has 4 nitrogen and oxygen atoms in total. The number of hydrogen-bond donors (Lipinski definition) is 1. The molecule has 1 heterocycles. The van der Waals surface area contributed by atoms with Gasteiger partial charge in [0, 0.05) is 17.8 Å². The van der Waals surface area contributed by atoms with Gasteiger partial charge in [-0.3, -0.25) is 4.79 Å². The lowest BCUT2D eigenvalue weighted by Crippen LogP contribution is -2.34. The van der Waals surface area contributed by atoms with Gasteiger partial charge in [-0.25, -0.2) is 9.97 Å². The lowest BCUT2D eigenvalue weighted by Gasteiger charge is -2.18. The summed E-state index contributed by atoms with van der Waals surface area (Å²) in [7, 11) is 0. The number of benzene rings is 2. The molecular weight excluding hydrogens is 342 g/mol. The summed E-state index contributed by atoms with van der Waals surface area (Å²) in [5, 5.41) is 4.70. The Morgan fingerprint density at radius 2 is 1.81 bits per heavy atom. The summed E-state index contributed by atoms with van der Waals surface area (Å²) in [6.07, 6.45) is 2.54. The number of nitrogens with one attached hydrogen (secondary N) is 1. The van der Waals surface area contributed by atoms with Crippen molar-refractivity contribution in [3.05, 3.63) is 66.5 Å². The van der Waals surface area contributed by atoms with Gasteiger partial charge in [0.2, 0.25) is 5.91 Å². The van der Waals surface area contributed by atoms with E-state index in [1.54, 1.807) is 6.33 Å². The highest BCUT2D eigenvalue weighted by molar-refractivity contribution is 8.00. The maximum Gasteiger partial charge on any atom is 0.233 e.